The highest BCUT2D eigenvalue weighted by molar-refractivity contribution is 8.14. The Balaban J connectivity index is 1.59. The number of nitrogens with one attached hydrogen (secondary N) is 1. The molecule has 146 valence electrons. The summed E-state index contributed by atoms with van der Waals surface area (Å²) < 4.78 is 5.80. The molecule has 0 unspecified atom stereocenters. The van der Waals surface area contributed by atoms with Gasteiger partial charge in [0.15, 0.2) is 0 Å². The van der Waals surface area contributed by atoms with Crippen LogP contribution in [0.3, 0.4) is 0 Å². The molecule has 0 aromatic heterocycles. The lowest BCUT2D eigenvalue weighted by Crippen LogP contribution is -2.31. The third-order valence-electron chi connectivity index (χ3n) is 4.10. The molecule has 0 atom stereocenters. The van der Waals surface area contributed by atoms with Crippen molar-refractivity contribution in [2.75, 3.05) is 24.7 Å². The van der Waals surface area contributed by atoms with Crippen molar-refractivity contribution in [3.8, 4) is 5.75 Å². The maximum Gasteiger partial charge on any atom is 0.234 e. The van der Waals surface area contributed by atoms with Gasteiger partial charge in [0, 0.05) is 17.8 Å². The number of hydrogen-bond donors (Lipinski definition) is 1. The first-order valence-electron chi connectivity index (χ1n) is 8.70. The molecular formula is C20H21ClN4O2S. The Labute approximate surface area is 173 Å². The van der Waals surface area contributed by atoms with E-state index in [9.17, 15) is 4.79 Å². The zero-order valence-electron chi connectivity index (χ0n) is 15.9. The number of ether oxygens (including phenoxy) is 1. The number of halogens is 1. The van der Waals surface area contributed by atoms with Gasteiger partial charge in [-0.3, -0.25) is 9.80 Å². The number of amidine groups is 1. The minimum absolute atomic E-state index is 0.106. The highest BCUT2D eigenvalue weighted by atomic mass is 35.5. The van der Waals surface area contributed by atoms with E-state index in [1.165, 1.54) is 11.8 Å². The number of nitrogens with zero attached hydrogens (tertiary/aromatic N) is 3. The van der Waals surface area contributed by atoms with Crippen molar-refractivity contribution in [1.29, 1.82) is 0 Å². The van der Waals surface area contributed by atoms with Crippen LogP contribution in [0.1, 0.15) is 11.1 Å². The summed E-state index contributed by atoms with van der Waals surface area (Å²) in [6.07, 6.45) is 0. The molecule has 0 saturated heterocycles. The van der Waals surface area contributed by atoms with Crippen molar-refractivity contribution in [1.82, 2.24) is 5.01 Å². The molecular weight excluding hydrogens is 396 g/mol. The molecule has 8 heteroatoms. The van der Waals surface area contributed by atoms with E-state index in [4.69, 9.17) is 16.3 Å². The molecule has 1 aliphatic rings. The Hall–Kier alpha value is -2.51. The van der Waals surface area contributed by atoms with Crippen molar-refractivity contribution in [3.05, 3.63) is 58.6 Å². The van der Waals surface area contributed by atoms with Crippen molar-refractivity contribution < 1.29 is 9.53 Å². The molecule has 6 nitrogen and oxygen atoms in total. The quantitative estimate of drug-likeness (QED) is 0.805. The Kier molecular flexibility index (Phi) is 6.59. The van der Waals surface area contributed by atoms with Crippen molar-refractivity contribution in [2.45, 2.75) is 13.8 Å². The Morgan fingerprint density at radius 2 is 2.00 bits per heavy atom. The number of benzene rings is 2. The largest absolute Gasteiger partial charge is 0.441 e. The van der Waals surface area contributed by atoms with Gasteiger partial charge in [-0.2, -0.15) is 4.99 Å². The number of thioether (sulfide) groups is 1. The Bertz CT molecular complexity index is 928. The molecule has 0 aliphatic carbocycles. The monoisotopic (exact) mass is 416 g/mol. The zero-order valence-corrected chi connectivity index (χ0v) is 17.5. The lowest BCUT2D eigenvalue weighted by Gasteiger charge is -2.20. The summed E-state index contributed by atoms with van der Waals surface area (Å²) in [4.78, 5) is 16.7. The average Bonchev–Trinajstić information content (AvgIpc) is 2.65. The summed E-state index contributed by atoms with van der Waals surface area (Å²) in [7, 11) is 1.83. The molecule has 0 fully saturated rings. The highest BCUT2D eigenvalue weighted by Crippen LogP contribution is 2.20. The summed E-state index contributed by atoms with van der Waals surface area (Å²) in [5.74, 6) is 1.26. The molecule has 2 aromatic carbocycles. The van der Waals surface area contributed by atoms with E-state index < -0.39 is 0 Å². The molecule has 1 N–H and O–H groups in total. The maximum absolute atomic E-state index is 12.3. The second kappa shape index (κ2) is 9.12. The van der Waals surface area contributed by atoms with Crippen LogP contribution in [0.2, 0.25) is 5.02 Å². The van der Waals surface area contributed by atoms with Crippen LogP contribution in [0.4, 0.5) is 5.69 Å². The van der Waals surface area contributed by atoms with Gasteiger partial charge in [0.05, 0.1) is 5.75 Å². The predicted octanol–water partition coefficient (Wildman–Crippen LogP) is 4.32. The number of hydrogen-bond acceptors (Lipinski definition) is 6. The maximum atomic E-state index is 12.3. The fourth-order valence-electron chi connectivity index (χ4n) is 2.50. The lowest BCUT2D eigenvalue weighted by atomic mass is 10.1. The third kappa shape index (κ3) is 5.50. The van der Waals surface area contributed by atoms with Crippen LogP contribution >= 0.6 is 23.4 Å². The zero-order chi connectivity index (χ0) is 20.1. The number of amides is 1. The minimum atomic E-state index is -0.106. The van der Waals surface area contributed by atoms with Crippen LogP contribution in [0, 0.1) is 13.8 Å². The van der Waals surface area contributed by atoms with E-state index in [0.29, 0.717) is 28.4 Å². The predicted molar refractivity (Wildman–Crippen MR) is 117 cm³/mol. The lowest BCUT2D eigenvalue weighted by molar-refractivity contribution is -0.113. The standard InChI is InChI=1S/C20H21ClN4O2S/c1-13-5-4-6-17(14(13)2)22-18(26)12-28-20-23-19(11-25(3)24-20)27-16-9-7-15(21)8-10-16/h4-10H,11-12H2,1-3H3,(H,22,26). The average molecular weight is 417 g/mol. The number of hydrazone groups is 1. The smallest absolute Gasteiger partial charge is 0.234 e. The molecule has 0 radical (unpaired) electrons. The van der Waals surface area contributed by atoms with Gasteiger partial charge < -0.3 is 10.1 Å². The molecule has 3 rings (SSSR count). The van der Waals surface area contributed by atoms with E-state index in [-0.39, 0.29) is 11.7 Å². The van der Waals surface area contributed by atoms with Gasteiger partial charge in [0.2, 0.25) is 17.0 Å². The molecule has 2 aromatic rings. The van der Waals surface area contributed by atoms with Gasteiger partial charge in [0.1, 0.15) is 12.3 Å². The van der Waals surface area contributed by atoms with Gasteiger partial charge >= 0.3 is 0 Å². The van der Waals surface area contributed by atoms with Crippen molar-refractivity contribution in [2.24, 2.45) is 10.1 Å². The van der Waals surface area contributed by atoms with Gasteiger partial charge in [0.25, 0.3) is 0 Å². The van der Waals surface area contributed by atoms with Crippen LogP contribution in [-0.2, 0) is 4.79 Å². The molecule has 0 spiro atoms. The van der Waals surface area contributed by atoms with Crippen LogP contribution in [0.5, 0.6) is 5.75 Å². The first kappa shape index (κ1) is 20.2. The van der Waals surface area contributed by atoms with Crippen molar-refractivity contribution in [3.63, 3.8) is 0 Å². The first-order chi connectivity index (χ1) is 13.4. The van der Waals surface area contributed by atoms with Crippen LogP contribution in [0.15, 0.2) is 52.6 Å². The summed E-state index contributed by atoms with van der Waals surface area (Å²) in [6, 6.07) is 12.9. The van der Waals surface area contributed by atoms with E-state index in [1.54, 1.807) is 29.3 Å². The number of aryl methyl sites for hydroxylation is 1. The second-order valence-electron chi connectivity index (χ2n) is 6.34. The van der Waals surface area contributed by atoms with Crippen LogP contribution in [-0.4, -0.2) is 41.3 Å². The summed E-state index contributed by atoms with van der Waals surface area (Å²) in [5.41, 5.74) is 3.02. The molecule has 1 aliphatic heterocycles. The van der Waals surface area contributed by atoms with Crippen molar-refractivity contribution >= 4 is 46.0 Å². The Morgan fingerprint density at radius 3 is 2.75 bits per heavy atom. The van der Waals surface area contributed by atoms with Crippen LogP contribution in [0.25, 0.3) is 0 Å². The van der Waals surface area contributed by atoms with Gasteiger partial charge in [-0.05, 0) is 55.3 Å². The van der Waals surface area contributed by atoms with E-state index in [1.807, 2.05) is 39.1 Å². The number of carbonyl (C=O) groups excluding carboxylic acids is 1. The van der Waals surface area contributed by atoms with Gasteiger partial charge in [-0.25, -0.2) is 0 Å². The summed E-state index contributed by atoms with van der Waals surface area (Å²) in [6.45, 7) is 4.45. The number of rotatable bonds is 4. The molecule has 0 saturated carbocycles. The summed E-state index contributed by atoms with van der Waals surface area (Å²) in [5, 5.41) is 10.1. The van der Waals surface area contributed by atoms with E-state index in [0.717, 1.165) is 16.8 Å². The summed E-state index contributed by atoms with van der Waals surface area (Å²) >= 11 is 7.16. The topological polar surface area (TPSA) is 66.3 Å². The van der Waals surface area contributed by atoms with E-state index in [2.05, 4.69) is 15.4 Å². The van der Waals surface area contributed by atoms with Crippen LogP contribution < -0.4 is 10.1 Å². The molecule has 0 bridgehead atoms. The van der Waals surface area contributed by atoms with Gasteiger partial charge in [-0.15, -0.1) is 5.10 Å². The number of aliphatic imine (C=N–C) groups is 1. The number of carbonyl (C=O) groups is 1. The molecule has 1 heterocycles. The Morgan fingerprint density at radius 1 is 1.25 bits per heavy atom. The fourth-order valence-corrected chi connectivity index (χ4v) is 3.32. The molecule has 1 amide bonds. The number of likely N-dealkylation sites (N-methyl/N-ethyl adjacent to an activating group) is 1. The van der Waals surface area contributed by atoms with Gasteiger partial charge in [-0.1, -0.05) is 35.5 Å². The highest BCUT2D eigenvalue weighted by Gasteiger charge is 2.16. The molecule has 28 heavy (non-hydrogen) atoms. The fraction of sp³-hybridized carbons (Fsp3) is 0.250. The number of anilines is 1. The van der Waals surface area contributed by atoms with E-state index >= 15 is 0 Å². The SMILES string of the molecule is Cc1cccc(NC(=O)CSC2=NN(C)CC(Oc3ccc(Cl)cc3)=N2)c1C. The first-order valence-corrected chi connectivity index (χ1v) is 10.1. The third-order valence-corrected chi connectivity index (χ3v) is 5.19. The minimum Gasteiger partial charge on any atom is -0.441 e. The second-order valence-corrected chi connectivity index (χ2v) is 7.72. The normalized spacial score (nSPS) is 13.6.